The number of pyridine rings is 1. The summed E-state index contributed by atoms with van der Waals surface area (Å²) in [6.07, 6.45) is 0. The van der Waals surface area contributed by atoms with Gasteiger partial charge in [-0.3, -0.25) is 4.40 Å². The van der Waals surface area contributed by atoms with E-state index in [1.165, 1.54) is 16.5 Å². The van der Waals surface area contributed by atoms with Gasteiger partial charge in [0.2, 0.25) is 0 Å². The largest absolute Gasteiger partial charge is 0.477 e. The number of rotatable bonds is 2. The first-order chi connectivity index (χ1) is 8.73. The van der Waals surface area contributed by atoms with E-state index >= 15 is 0 Å². The number of hydrogen-bond acceptors (Lipinski definition) is 3. The zero-order valence-electron chi connectivity index (χ0n) is 10.8. The highest BCUT2D eigenvalue weighted by molar-refractivity contribution is 5.95. The molecule has 0 atom stereocenters. The maximum Gasteiger partial charge on any atom is 0.356 e. The lowest BCUT2D eigenvalue weighted by molar-refractivity contribution is 0.0678. The number of aromatic nitrogens is 2. The Labute approximate surface area is 109 Å². The van der Waals surface area contributed by atoms with Gasteiger partial charge in [-0.15, -0.1) is 0 Å². The molecule has 6 heteroatoms. The van der Waals surface area contributed by atoms with Crippen molar-refractivity contribution >= 4 is 17.5 Å². The molecule has 0 aliphatic carbocycles. The quantitative estimate of drug-likeness (QED) is 0.863. The second-order valence-corrected chi connectivity index (χ2v) is 5.28. The van der Waals surface area contributed by atoms with Gasteiger partial charge in [-0.25, -0.2) is 14.6 Å². The first-order valence-electron chi connectivity index (χ1n) is 5.72. The number of nitrogens with zero attached hydrogens (tertiary/aromatic N) is 2. The number of aromatic carboxylic acids is 2. The summed E-state index contributed by atoms with van der Waals surface area (Å²) in [6.45, 7) is 5.56. The minimum absolute atomic E-state index is 0.00225. The van der Waals surface area contributed by atoms with Crippen molar-refractivity contribution in [2.75, 3.05) is 0 Å². The van der Waals surface area contributed by atoms with Crippen LogP contribution in [-0.2, 0) is 5.41 Å². The Morgan fingerprint density at radius 1 is 1.16 bits per heavy atom. The summed E-state index contributed by atoms with van der Waals surface area (Å²) < 4.78 is 1.39. The number of carbonyl (C=O) groups is 2. The molecule has 0 aliphatic rings. The number of carboxylic acid groups (broad SMARTS) is 2. The molecule has 19 heavy (non-hydrogen) atoms. The Balaban J connectivity index is 2.96. The van der Waals surface area contributed by atoms with Gasteiger partial charge in [0.05, 0.1) is 5.52 Å². The SMILES string of the molecule is CC(C)(C)c1nc(C(=O)O)c2cccc(C(=O)O)n12. The number of hydrogen-bond donors (Lipinski definition) is 2. The van der Waals surface area contributed by atoms with Crippen LogP contribution in [0.4, 0.5) is 0 Å². The molecule has 2 aromatic heterocycles. The summed E-state index contributed by atoms with van der Waals surface area (Å²) in [6, 6.07) is 4.50. The van der Waals surface area contributed by atoms with Crippen molar-refractivity contribution in [1.82, 2.24) is 9.38 Å². The molecule has 0 aromatic carbocycles. The Hall–Kier alpha value is -2.37. The molecule has 0 bridgehead atoms. The van der Waals surface area contributed by atoms with E-state index in [2.05, 4.69) is 4.98 Å². The average Bonchev–Trinajstić information content (AvgIpc) is 2.67. The van der Waals surface area contributed by atoms with Crippen LogP contribution >= 0.6 is 0 Å². The fourth-order valence-corrected chi connectivity index (χ4v) is 1.96. The van der Waals surface area contributed by atoms with Gasteiger partial charge >= 0.3 is 11.9 Å². The second kappa shape index (κ2) is 4.08. The molecule has 0 saturated heterocycles. The number of fused-ring (bicyclic) bond motifs is 1. The molecular formula is C13H14N2O4. The van der Waals surface area contributed by atoms with Crippen LogP contribution in [0.2, 0.25) is 0 Å². The second-order valence-electron chi connectivity index (χ2n) is 5.28. The number of carboxylic acids is 2. The number of imidazole rings is 1. The van der Waals surface area contributed by atoms with Crippen molar-refractivity contribution in [3.63, 3.8) is 0 Å². The zero-order valence-corrected chi connectivity index (χ0v) is 10.8. The third-order valence-electron chi connectivity index (χ3n) is 2.75. The molecule has 0 unspecified atom stereocenters. The predicted octanol–water partition coefficient (Wildman–Crippen LogP) is 2.03. The minimum Gasteiger partial charge on any atom is -0.477 e. The molecule has 2 aromatic rings. The molecule has 0 saturated carbocycles. The summed E-state index contributed by atoms with van der Waals surface area (Å²) >= 11 is 0. The first-order valence-corrected chi connectivity index (χ1v) is 5.72. The molecule has 6 nitrogen and oxygen atoms in total. The Kier molecular flexibility index (Phi) is 2.81. The van der Waals surface area contributed by atoms with Crippen LogP contribution in [0, 0.1) is 0 Å². The van der Waals surface area contributed by atoms with E-state index < -0.39 is 17.4 Å². The van der Waals surface area contributed by atoms with Crippen molar-refractivity contribution in [2.24, 2.45) is 0 Å². The lowest BCUT2D eigenvalue weighted by Gasteiger charge is -2.17. The third kappa shape index (κ3) is 2.05. The summed E-state index contributed by atoms with van der Waals surface area (Å²) in [5.74, 6) is -1.88. The topological polar surface area (TPSA) is 91.9 Å². The molecule has 0 amide bonds. The normalized spacial score (nSPS) is 11.7. The van der Waals surface area contributed by atoms with Crippen LogP contribution in [0.1, 0.15) is 47.6 Å². The van der Waals surface area contributed by atoms with Gasteiger partial charge in [-0.2, -0.15) is 0 Å². The Morgan fingerprint density at radius 2 is 1.79 bits per heavy atom. The van der Waals surface area contributed by atoms with Crippen LogP contribution in [-0.4, -0.2) is 31.5 Å². The molecule has 2 heterocycles. The highest BCUT2D eigenvalue weighted by Crippen LogP contribution is 2.26. The van der Waals surface area contributed by atoms with Gasteiger partial charge in [0, 0.05) is 5.41 Å². The standard InChI is InChI=1S/C13H14N2O4/c1-13(2,3)12-14-9(11(18)19)7-5-4-6-8(10(16)17)15(7)12/h4-6H,1-3H3,(H,16,17)(H,18,19). The molecule has 0 fully saturated rings. The molecule has 100 valence electrons. The summed E-state index contributed by atoms with van der Waals surface area (Å²) in [7, 11) is 0. The van der Waals surface area contributed by atoms with Crippen LogP contribution in [0.25, 0.3) is 5.52 Å². The molecule has 0 radical (unpaired) electrons. The lowest BCUT2D eigenvalue weighted by atomic mass is 9.95. The van der Waals surface area contributed by atoms with Gasteiger partial charge in [0.25, 0.3) is 0 Å². The molecule has 2 N–H and O–H groups in total. The van der Waals surface area contributed by atoms with Crippen molar-refractivity contribution in [2.45, 2.75) is 26.2 Å². The first kappa shape index (κ1) is 13.1. The fourth-order valence-electron chi connectivity index (χ4n) is 1.96. The minimum atomic E-state index is -1.17. The van der Waals surface area contributed by atoms with Crippen LogP contribution in [0.5, 0.6) is 0 Å². The monoisotopic (exact) mass is 262 g/mol. The zero-order chi connectivity index (χ0) is 14.4. The van der Waals surface area contributed by atoms with E-state index in [-0.39, 0.29) is 16.9 Å². The van der Waals surface area contributed by atoms with E-state index in [4.69, 9.17) is 5.11 Å². The van der Waals surface area contributed by atoms with Crippen LogP contribution < -0.4 is 0 Å². The van der Waals surface area contributed by atoms with E-state index in [0.29, 0.717) is 5.82 Å². The Morgan fingerprint density at radius 3 is 2.26 bits per heavy atom. The average molecular weight is 262 g/mol. The molecule has 2 rings (SSSR count). The molecular weight excluding hydrogens is 248 g/mol. The van der Waals surface area contributed by atoms with Gasteiger partial charge in [0.1, 0.15) is 11.5 Å². The van der Waals surface area contributed by atoms with Crippen molar-refractivity contribution < 1.29 is 19.8 Å². The maximum atomic E-state index is 11.3. The lowest BCUT2D eigenvalue weighted by Crippen LogP contribution is -2.19. The van der Waals surface area contributed by atoms with Crippen molar-refractivity contribution in [1.29, 1.82) is 0 Å². The van der Waals surface area contributed by atoms with Gasteiger partial charge in [-0.1, -0.05) is 26.8 Å². The van der Waals surface area contributed by atoms with Crippen molar-refractivity contribution in [3.05, 3.63) is 35.4 Å². The van der Waals surface area contributed by atoms with E-state index in [9.17, 15) is 14.7 Å². The van der Waals surface area contributed by atoms with E-state index in [0.717, 1.165) is 0 Å². The molecule has 0 aliphatic heterocycles. The summed E-state index contributed by atoms with van der Waals surface area (Å²) in [5.41, 5.74) is -0.310. The van der Waals surface area contributed by atoms with Gasteiger partial charge in [-0.05, 0) is 12.1 Å². The van der Waals surface area contributed by atoms with Gasteiger partial charge < -0.3 is 10.2 Å². The van der Waals surface area contributed by atoms with E-state index in [1.54, 1.807) is 6.07 Å². The predicted molar refractivity (Wildman–Crippen MR) is 67.8 cm³/mol. The molecule has 0 spiro atoms. The van der Waals surface area contributed by atoms with Crippen molar-refractivity contribution in [3.8, 4) is 0 Å². The summed E-state index contributed by atoms with van der Waals surface area (Å²) in [4.78, 5) is 26.6. The van der Waals surface area contributed by atoms with Crippen LogP contribution in [0.3, 0.4) is 0 Å². The smallest absolute Gasteiger partial charge is 0.356 e. The maximum absolute atomic E-state index is 11.3. The highest BCUT2D eigenvalue weighted by Gasteiger charge is 2.27. The van der Waals surface area contributed by atoms with Gasteiger partial charge in [0.15, 0.2) is 5.69 Å². The summed E-state index contributed by atoms with van der Waals surface area (Å²) in [5, 5.41) is 18.4. The fraction of sp³-hybridized carbons (Fsp3) is 0.308. The highest BCUT2D eigenvalue weighted by atomic mass is 16.4. The van der Waals surface area contributed by atoms with Crippen LogP contribution in [0.15, 0.2) is 18.2 Å². The Bertz CT molecular complexity index is 680. The third-order valence-corrected chi connectivity index (χ3v) is 2.75. The van der Waals surface area contributed by atoms with E-state index in [1.807, 2.05) is 20.8 Å².